The van der Waals surface area contributed by atoms with Crippen molar-refractivity contribution in [2.24, 2.45) is 5.41 Å². The zero-order valence-electron chi connectivity index (χ0n) is 15.9. The first-order chi connectivity index (χ1) is 12.6. The van der Waals surface area contributed by atoms with E-state index in [1.165, 1.54) is 12.1 Å². The van der Waals surface area contributed by atoms with E-state index in [0.29, 0.717) is 25.3 Å². The Kier molecular flexibility index (Phi) is 5.30. The van der Waals surface area contributed by atoms with E-state index in [1.54, 1.807) is 19.3 Å². The van der Waals surface area contributed by atoms with Crippen molar-refractivity contribution in [1.82, 2.24) is 4.90 Å². The summed E-state index contributed by atoms with van der Waals surface area (Å²) in [5.74, 6) is 0.777. The maximum atomic E-state index is 12.9. The van der Waals surface area contributed by atoms with E-state index in [9.17, 15) is 18.3 Å². The Morgan fingerprint density at radius 1 is 1.26 bits per heavy atom. The lowest BCUT2D eigenvalue weighted by Crippen LogP contribution is -2.30. The molecule has 1 aromatic carbocycles. The van der Waals surface area contributed by atoms with Gasteiger partial charge in [0, 0.05) is 25.6 Å². The minimum absolute atomic E-state index is 0.0954. The highest BCUT2D eigenvalue weighted by Gasteiger charge is 2.34. The number of rotatable bonds is 5. The molecular formula is C21H26F3NO2. The van der Waals surface area contributed by atoms with E-state index in [-0.39, 0.29) is 17.2 Å². The zero-order valence-corrected chi connectivity index (χ0v) is 15.9. The quantitative estimate of drug-likeness (QED) is 0.724. The maximum Gasteiger partial charge on any atom is 0.416 e. The molecule has 0 bridgehead atoms. The molecule has 1 unspecified atom stereocenters. The Labute approximate surface area is 158 Å². The summed E-state index contributed by atoms with van der Waals surface area (Å²) in [6.07, 6.45) is 1.88. The van der Waals surface area contributed by atoms with Crippen molar-refractivity contribution in [2.45, 2.75) is 58.4 Å². The normalized spacial score (nSPS) is 24.2. The van der Waals surface area contributed by atoms with E-state index in [4.69, 9.17) is 4.74 Å². The van der Waals surface area contributed by atoms with Gasteiger partial charge in [-0.05, 0) is 54.5 Å². The fourth-order valence-corrected chi connectivity index (χ4v) is 3.87. The van der Waals surface area contributed by atoms with Crippen LogP contribution in [0.15, 0.2) is 41.9 Å². The monoisotopic (exact) mass is 381 g/mol. The minimum atomic E-state index is -4.30. The molecule has 148 valence electrons. The number of hydrogen-bond acceptors (Lipinski definition) is 3. The highest BCUT2D eigenvalue weighted by atomic mass is 19.4. The molecule has 0 radical (unpaired) electrons. The topological polar surface area (TPSA) is 32.7 Å². The lowest BCUT2D eigenvalue weighted by atomic mass is 9.77. The van der Waals surface area contributed by atoms with Crippen LogP contribution in [-0.2, 0) is 24.0 Å². The first kappa shape index (κ1) is 19.8. The van der Waals surface area contributed by atoms with Gasteiger partial charge in [0.1, 0.15) is 5.76 Å². The molecule has 3 nitrogen and oxygen atoms in total. The van der Waals surface area contributed by atoms with Crippen molar-refractivity contribution >= 4 is 0 Å². The van der Waals surface area contributed by atoms with E-state index >= 15 is 0 Å². The predicted molar refractivity (Wildman–Crippen MR) is 97.9 cm³/mol. The molecule has 0 amide bonds. The van der Waals surface area contributed by atoms with Gasteiger partial charge in [-0.15, -0.1) is 0 Å². The van der Waals surface area contributed by atoms with Gasteiger partial charge in [-0.2, -0.15) is 13.2 Å². The lowest BCUT2D eigenvalue weighted by molar-refractivity contribution is -0.137. The number of halogens is 3. The Bertz CT molecular complexity index is 769. The van der Waals surface area contributed by atoms with Crippen molar-refractivity contribution in [3.63, 3.8) is 0 Å². The summed E-state index contributed by atoms with van der Waals surface area (Å²) in [7, 11) is 1.56. The molecule has 1 N–H and O–H groups in total. The van der Waals surface area contributed by atoms with Crippen LogP contribution in [0.3, 0.4) is 0 Å². The van der Waals surface area contributed by atoms with Gasteiger partial charge in [-0.3, -0.25) is 4.90 Å². The largest absolute Gasteiger partial charge is 0.504 e. The molecule has 0 fully saturated rings. The van der Waals surface area contributed by atoms with Crippen LogP contribution in [0.2, 0.25) is 0 Å². The first-order valence-electron chi connectivity index (χ1n) is 9.20. The first-order valence-corrected chi connectivity index (χ1v) is 9.20. The summed E-state index contributed by atoms with van der Waals surface area (Å²) in [6.45, 7) is 5.50. The van der Waals surface area contributed by atoms with E-state index in [0.717, 1.165) is 24.0 Å². The fraction of sp³-hybridized carbons (Fsp3) is 0.524. The van der Waals surface area contributed by atoms with E-state index in [2.05, 4.69) is 18.7 Å². The number of methoxy groups -OCH3 is 1. The number of allylic oxidation sites excluding steroid dienone is 3. The van der Waals surface area contributed by atoms with Crippen molar-refractivity contribution in [1.29, 1.82) is 0 Å². The number of nitrogens with zero attached hydrogens (tertiary/aromatic N) is 1. The standard InChI is InChI=1S/C21H26F3NO2/c1-14(6-8-20(2)9-7-18(26)19(11-20)27-3)25-12-15-4-5-17(21(22,23)24)10-16(15)13-25/h4-5,7,9-10,14,26H,6,8,11-13H2,1-3H3/t14-,20?/m1/s1. The summed E-state index contributed by atoms with van der Waals surface area (Å²) in [5.41, 5.74) is 1.08. The average Bonchev–Trinajstić information content (AvgIpc) is 3.04. The van der Waals surface area contributed by atoms with Gasteiger partial charge in [0.05, 0.1) is 12.7 Å². The van der Waals surface area contributed by atoms with Gasteiger partial charge in [0.15, 0.2) is 5.76 Å². The smallest absolute Gasteiger partial charge is 0.416 e. The number of ether oxygens (including phenoxy) is 1. The van der Waals surface area contributed by atoms with Gasteiger partial charge in [0.2, 0.25) is 0 Å². The lowest BCUT2D eigenvalue weighted by Gasteiger charge is -2.32. The third-order valence-corrected chi connectivity index (χ3v) is 5.78. The van der Waals surface area contributed by atoms with Gasteiger partial charge in [-0.25, -0.2) is 0 Å². The molecule has 0 aromatic heterocycles. The van der Waals surface area contributed by atoms with E-state index < -0.39 is 11.7 Å². The Morgan fingerprint density at radius 2 is 1.96 bits per heavy atom. The zero-order chi connectivity index (χ0) is 19.8. The molecule has 1 aromatic rings. The molecule has 0 saturated carbocycles. The molecule has 2 aliphatic rings. The summed E-state index contributed by atoms with van der Waals surface area (Å²) >= 11 is 0. The second kappa shape index (κ2) is 7.23. The Hall–Kier alpha value is -1.95. The SMILES string of the molecule is COC1=C(O)C=CC(C)(CC[C@@H](C)N2Cc3ccc(C(F)(F)F)cc3C2)C1. The minimum Gasteiger partial charge on any atom is -0.504 e. The number of alkyl halides is 3. The number of aliphatic hydroxyl groups excluding tert-OH is 1. The van der Waals surface area contributed by atoms with Crippen LogP contribution in [0, 0.1) is 5.41 Å². The summed E-state index contributed by atoms with van der Waals surface area (Å²) < 4.78 is 44.0. The molecule has 1 aliphatic heterocycles. The highest BCUT2D eigenvalue weighted by molar-refractivity contribution is 5.36. The van der Waals surface area contributed by atoms with E-state index in [1.807, 2.05) is 6.08 Å². The van der Waals surface area contributed by atoms with Crippen molar-refractivity contribution in [2.75, 3.05) is 7.11 Å². The Morgan fingerprint density at radius 3 is 2.63 bits per heavy atom. The maximum absolute atomic E-state index is 12.9. The number of benzene rings is 1. The van der Waals surface area contributed by atoms with Gasteiger partial charge >= 0.3 is 6.18 Å². The molecule has 1 aliphatic carbocycles. The molecule has 27 heavy (non-hydrogen) atoms. The van der Waals surface area contributed by atoms with Crippen molar-refractivity contribution in [3.05, 3.63) is 58.6 Å². The average molecular weight is 381 g/mol. The molecular weight excluding hydrogens is 355 g/mol. The summed E-state index contributed by atoms with van der Waals surface area (Å²) in [6, 6.07) is 4.31. The fourth-order valence-electron chi connectivity index (χ4n) is 3.87. The van der Waals surface area contributed by atoms with Crippen LogP contribution < -0.4 is 0 Å². The van der Waals surface area contributed by atoms with Gasteiger partial charge in [0.25, 0.3) is 0 Å². The third kappa shape index (κ3) is 4.32. The second-order valence-electron chi connectivity index (χ2n) is 7.95. The molecule has 3 rings (SSSR count). The molecule has 6 heteroatoms. The van der Waals surface area contributed by atoms with Crippen LogP contribution in [0.4, 0.5) is 13.2 Å². The van der Waals surface area contributed by atoms with Gasteiger partial charge < -0.3 is 9.84 Å². The van der Waals surface area contributed by atoms with Crippen LogP contribution in [0.25, 0.3) is 0 Å². The summed E-state index contributed by atoms with van der Waals surface area (Å²) in [5, 5.41) is 9.81. The van der Waals surface area contributed by atoms with Crippen LogP contribution in [0.1, 0.15) is 49.8 Å². The van der Waals surface area contributed by atoms with Crippen molar-refractivity contribution in [3.8, 4) is 0 Å². The number of hydrogen-bond donors (Lipinski definition) is 1. The number of fused-ring (bicyclic) bond motifs is 1. The summed E-state index contributed by atoms with van der Waals surface area (Å²) in [4.78, 5) is 2.23. The third-order valence-electron chi connectivity index (χ3n) is 5.78. The van der Waals surface area contributed by atoms with Crippen LogP contribution >= 0.6 is 0 Å². The molecule has 2 atom stereocenters. The molecule has 0 saturated heterocycles. The number of aliphatic hydroxyl groups is 1. The van der Waals surface area contributed by atoms with Crippen LogP contribution in [0.5, 0.6) is 0 Å². The van der Waals surface area contributed by atoms with Crippen LogP contribution in [-0.4, -0.2) is 23.2 Å². The molecule has 1 heterocycles. The predicted octanol–water partition coefficient (Wildman–Crippen LogP) is 5.57. The Balaban J connectivity index is 1.60. The second-order valence-corrected chi connectivity index (χ2v) is 7.95. The van der Waals surface area contributed by atoms with Crippen molar-refractivity contribution < 1.29 is 23.0 Å². The highest BCUT2D eigenvalue weighted by Crippen LogP contribution is 2.39. The van der Waals surface area contributed by atoms with Gasteiger partial charge in [-0.1, -0.05) is 19.1 Å². The molecule has 0 spiro atoms.